The topological polar surface area (TPSA) is 67.8 Å². The molecule has 0 saturated heterocycles. The largest absolute Gasteiger partial charge is 0.494 e. The number of rotatable bonds is 6. The summed E-state index contributed by atoms with van der Waals surface area (Å²) in [6, 6.07) is 3.47. The Kier molecular flexibility index (Phi) is 4.59. The number of carboxylic acid groups (broad SMARTS) is 1. The summed E-state index contributed by atoms with van der Waals surface area (Å²) in [5.41, 5.74) is 1.90. The minimum Gasteiger partial charge on any atom is -0.494 e. The van der Waals surface area contributed by atoms with Crippen molar-refractivity contribution in [3.63, 3.8) is 0 Å². The zero-order valence-electron chi connectivity index (χ0n) is 10.7. The molecule has 0 fully saturated rings. The number of carboxylic acids is 1. The highest BCUT2D eigenvalue weighted by Crippen LogP contribution is 2.37. The fourth-order valence-electron chi connectivity index (χ4n) is 1.65. The predicted octanol–water partition coefficient (Wildman–Crippen LogP) is 2.23. The highest BCUT2D eigenvalue weighted by Gasteiger charge is 2.13. The van der Waals surface area contributed by atoms with Crippen molar-refractivity contribution in [3.8, 4) is 11.5 Å². The van der Waals surface area contributed by atoms with Crippen LogP contribution in [0.25, 0.3) is 5.57 Å². The number of hydrogen-bond donors (Lipinski definition) is 2. The number of carbonyl (C=O) groups is 1. The van der Waals surface area contributed by atoms with Crippen LogP contribution in [0.5, 0.6) is 11.5 Å². The number of benzene rings is 1. The van der Waals surface area contributed by atoms with E-state index in [9.17, 15) is 4.79 Å². The summed E-state index contributed by atoms with van der Waals surface area (Å²) in [7, 11) is 4.84. The van der Waals surface area contributed by atoms with Crippen LogP contribution in [-0.4, -0.2) is 32.3 Å². The number of aliphatic carboxylic acids is 1. The van der Waals surface area contributed by atoms with Gasteiger partial charge in [-0.15, -0.1) is 0 Å². The van der Waals surface area contributed by atoms with E-state index in [0.717, 1.165) is 0 Å². The van der Waals surface area contributed by atoms with Gasteiger partial charge in [0.1, 0.15) is 17.2 Å². The van der Waals surface area contributed by atoms with Crippen LogP contribution < -0.4 is 14.8 Å². The third-order valence-corrected chi connectivity index (χ3v) is 2.53. The van der Waals surface area contributed by atoms with Crippen LogP contribution in [0.2, 0.25) is 0 Å². The van der Waals surface area contributed by atoms with Gasteiger partial charge in [-0.3, -0.25) is 4.79 Å². The molecule has 18 heavy (non-hydrogen) atoms. The quantitative estimate of drug-likeness (QED) is 0.811. The predicted molar refractivity (Wildman–Crippen MR) is 70.4 cm³/mol. The van der Waals surface area contributed by atoms with Gasteiger partial charge in [0.2, 0.25) is 0 Å². The summed E-state index contributed by atoms with van der Waals surface area (Å²) >= 11 is 0. The van der Waals surface area contributed by atoms with Gasteiger partial charge in [-0.05, 0) is 23.3 Å². The SMILES string of the molecule is C=C(CC(=O)O)c1cc(OC)c(NC)c(OC)c1. The fraction of sp³-hybridized carbons (Fsp3) is 0.308. The van der Waals surface area contributed by atoms with E-state index < -0.39 is 5.97 Å². The van der Waals surface area contributed by atoms with Gasteiger partial charge in [-0.25, -0.2) is 0 Å². The van der Waals surface area contributed by atoms with E-state index >= 15 is 0 Å². The molecule has 1 rings (SSSR count). The number of hydrogen-bond acceptors (Lipinski definition) is 4. The van der Waals surface area contributed by atoms with E-state index in [-0.39, 0.29) is 6.42 Å². The van der Waals surface area contributed by atoms with Crippen molar-refractivity contribution < 1.29 is 19.4 Å². The van der Waals surface area contributed by atoms with Crippen LogP contribution >= 0.6 is 0 Å². The van der Waals surface area contributed by atoms with Gasteiger partial charge in [0.15, 0.2) is 0 Å². The Morgan fingerprint density at radius 3 is 2.17 bits per heavy atom. The van der Waals surface area contributed by atoms with Gasteiger partial charge in [0, 0.05) is 7.05 Å². The first-order valence-electron chi connectivity index (χ1n) is 5.37. The second kappa shape index (κ2) is 5.95. The molecule has 1 aromatic rings. The Labute approximate surface area is 106 Å². The van der Waals surface area contributed by atoms with Crippen LogP contribution in [0.1, 0.15) is 12.0 Å². The molecule has 0 spiro atoms. The molecule has 2 N–H and O–H groups in total. The van der Waals surface area contributed by atoms with E-state index in [4.69, 9.17) is 14.6 Å². The lowest BCUT2D eigenvalue weighted by molar-refractivity contribution is -0.135. The average molecular weight is 251 g/mol. The molecule has 0 atom stereocenters. The molecule has 0 radical (unpaired) electrons. The maximum Gasteiger partial charge on any atom is 0.307 e. The summed E-state index contributed by atoms with van der Waals surface area (Å²) in [6.45, 7) is 3.76. The van der Waals surface area contributed by atoms with Gasteiger partial charge in [-0.1, -0.05) is 6.58 Å². The standard InChI is InChI=1S/C13H17NO4/c1-8(5-12(15)16)9-6-10(17-3)13(14-2)11(7-9)18-4/h6-7,14H,1,5H2,2-4H3,(H,15,16). The summed E-state index contributed by atoms with van der Waals surface area (Å²) in [5.74, 6) is 0.243. The third-order valence-electron chi connectivity index (χ3n) is 2.53. The van der Waals surface area contributed by atoms with Crippen LogP contribution in [0.15, 0.2) is 18.7 Å². The van der Waals surface area contributed by atoms with Crippen molar-refractivity contribution in [2.45, 2.75) is 6.42 Å². The average Bonchev–Trinajstić information content (AvgIpc) is 2.35. The van der Waals surface area contributed by atoms with Gasteiger partial charge >= 0.3 is 5.97 Å². The second-order valence-corrected chi connectivity index (χ2v) is 3.68. The van der Waals surface area contributed by atoms with Gasteiger partial charge in [0.25, 0.3) is 0 Å². The summed E-state index contributed by atoms with van der Waals surface area (Å²) < 4.78 is 10.5. The summed E-state index contributed by atoms with van der Waals surface area (Å²) in [4.78, 5) is 10.7. The second-order valence-electron chi connectivity index (χ2n) is 3.68. The Balaban J connectivity index is 3.22. The first kappa shape index (κ1) is 13.9. The number of methoxy groups -OCH3 is 2. The minimum absolute atomic E-state index is 0.120. The Morgan fingerprint density at radius 2 is 1.83 bits per heavy atom. The van der Waals surface area contributed by atoms with Crippen LogP contribution in [0.3, 0.4) is 0 Å². The molecule has 0 heterocycles. The monoisotopic (exact) mass is 251 g/mol. The number of nitrogens with one attached hydrogen (secondary N) is 1. The normalized spacial score (nSPS) is 9.72. The molecule has 0 aliphatic carbocycles. The Bertz CT molecular complexity index is 443. The summed E-state index contributed by atoms with van der Waals surface area (Å²) in [5, 5.41) is 11.7. The first-order valence-corrected chi connectivity index (χ1v) is 5.37. The van der Waals surface area contributed by atoms with Crippen LogP contribution in [0.4, 0.5) is 5.69 Å². The van der Waals surface area contributed by atoms with E-state index in [1.807, 2.05) is 0 Å². The molecule has 1 aromatic carbocycles. The molecule has 0 saturated carbocycles. The number of anilines is 1. The van der Waals surface area contributed by atoms with Crippen molar-refractivity contribution in [1.29, 1.82) is 0 Å². The lowest BCUT2D eigenvalue weighted by atomic mass is 10.0. The smallest absolute Gasteiger partial charge is 0.307 e. The Morgan fingerprint density at radius 1 is 1.33 bits per heavy atom. The van der Waals surface area contributed by atoms with Gasteiger partial charge in [0.05, 0.1) is 20.6 Å². The van der Waals surface area contributed by atoms with Crippen LogP contribution in [0, 0.1) is 0 Å². The molecule has 5 nitrogen and oxygen atoms in total. The lowest BCUT2D eigenvalue weighted by Crippen LogP contribution is -2.01. The van der Waals surface area contributed by atoms with E-state index in [0.29, 0.717) is 28.3 Å². The lowest BCUT2D eigenvalue weighted by Gasteiger charge is -2.15. The molecule has 0 aliphatic heterocycles. The van der Waals surface area contributed by atoms with Crippen molar-refractivity contribution in [3.05, 3.63) is 24.3 Å². The molecule has 98 valence electrons. The van der Waals surface area contributed by atoms with E-state index in [2.05, 4.69) is 11.9 Å². The zero-order chi connectivity index (χ0) is 13.7. The van der Waals surface area contributed by atoms with Gasteiger partial charge in [-0.2, -0.15) is 0 Å². The molecular weight excluding hydrogens is 234 g/mol. The molecule has 0 bridgehead atoms. The molecule has 0 amide bonds. The molecular formula is C13H17NO4. The van der Waals surface area contributed by atoms with Gasteiger partial charge < -0.3 is 19.9 Å². The van der Waals surface area contributed by atoms with Crippen LogP contribution in [-0.2, 0) is 4.79 Å². The summed E-state index contributed by atoms with van der Waals surface area (Å²) in [6.07, 6.45) is -0.120. The van der Waals surface area contributed by atoms with Crippen molar-refractivity contribution in [1.82, 2.24) is 0 Å². The van der Waals surface area contributed by atoms with E-state index in [1.165, 1.54) is 0 Å². The zero-order valence-corrected chi connectivity index (χ0v) is 10.7. The maximum atomic E-state index is 10.7. The first-order chi connectivity index (χ1) is 8.53. The Hall–Kier alpha value is -2.17. The fourth-order valence-corrected chi connectivity index (χ4v) is 1.65. The molecule has 5 heteroatoms. The van der Waals surface area contributed by atoms with E-state index in [1.54, 1.807) is 33.4 Å². The highest BCUT2D eigenvalue weighted by molar-refractivity contribution is 5.85. The maximum absolute atomic E-state index is 10.7. The molecule has 0 aliphatic rings. The molecule has 0 unspecified atom stereocenters. The minimum atomic E-state index is -0.921. The molecule has 0 aromatic heterocycles. The van der Waals surface area contributed by atoms with Crippen molar-refractivity contribution >= 4 is 17.2 Å². The van der Waals surface area contributed by atoms with Crippen molar-refractivity contribution in [2.75, 3.05) is 26.6 Å². The number of ether oxygens (including phenoxy) is 2. The van der Waals surface area contributed by atoms with Crippen molar-refractivity contribution in [2.24, 2.45) is 0 Å². The highest BCUT2D eigenvalue weighted by atomic mass is 16.5. The third kappa shape index (κ3) is 2.94.